The van der Waals surface area contributed by atoms with Crippen LogP contribution >= 0.6 is 0 Å². The minimum absolute atomic E-state index is 0.439. The second kappa shape index (κ2) is 4.44. The molecule has 1 aromatic heterocycles. The normalized spacial score (nSPS) is 15.1. The first-order chi connectivity index (χ1) is 7.31. The van der Waals surface area contributed by atoms with E-state index < -0.39 is 0 Å². The summed E-state index contributed by atoms with van der Waals surface area (Å²) in [4.78, 5) is 8.65. The van der Waals surface area contributed by atoms with Crippen molar-refractivity contribution in [2.45, 2.75) is 25.5 Å². The van der Waals surface area contributed by atoms with Gasteiger partial charge < -0.3 is 15.4 Å². The molecular weight excluding hydrogens is 192 g/mol. The van der Waals surface area contributed by atoms with Gasteiger partial charge in [0.15, 0.2) is 5.82 Å². The molecule has 5 nitrogen and oxygen atoms in total. The van der Waals surface area contributed by atoms with Crippen molar-refractivity contribution in [3.8, 4) is 0 Å². The first kappa shape index (κ1) is 10.2. The van der Waals surface area contributed by atoms with Crippen LogP contribution in [0.5, 0.6) is 0 Å². The highest BCUT2D eigenvalue weighted by molar-refractivity contribution is 5.48. The lowest BCUT2D eigenvalue weighted by atomic mass is 10.4. The molecule has 1 saturated carbocycles. The number of rotatable bonds is 5. The van der Waals surface area contributed by atoms with E-state index in [1.54, 1.807) is 7.11 Å². The summed E-state index contributed by atoms with van der Waals surface area (Å²) in [6, 6.07) is 2.51. The van der Waals surface area contributed by atoms with Crippen molar-refractivity contribution in [2.75, 3.05) is 24.8 Å². The Morgan fingerprint density at radius 1 is 1.40 bits per heavy atom. The van der Waals surface area contributed by atoms with Gasteiger partial charge >= 0.3 is 0 Å². The van der Waals surface area contributed by atoms with Gasteiger partial charge in [-0.15, -0.1) is 0 Å². The fourth-order valence-electron chi connectivity index (χ4n) is 1.33. The maximum Gasteiger partial charge on any atom is 0.158 e. The van der Waals surface area contributed by atoms with Gasteiger partial charge in [-0.3, -0.25) is 0 Å². The van der Waals surface area contributed by atoms with Crippen molar-refractivity contribution < 1.29 is 4.74 Å². The largest absolute Gasteiger partial charge is 0.377 e. The Hall–Kier alpha value is -1.36. The Labute approximate surface area is 89.3 Å². The van der Waals surface area contributed by atoms with Gasteiger partial charge in [-0.25, -0.2) is 9.97 Å². The average Bonchev–Trinajstić information content (AvgIpc) is 3.02. The summed E-state index contributed by atoms with van der Waals surface area (Å²) in [7, 11) is 3.49. The van der Waals surface area contributed by atoms with Crippen molar-refractivity contribution in [1.29, 1.82) is 0 Å². The van der Waals surface area contributed by atoms with E-state index in [-0.39, 0.29) is 0 Å². The van der Waals surface area contributed by atoms with Crippen LogP contribution in [-0.2, 0) is 11.3 Å². The van der Waals surface area contributed by atoms with Crippen molar-refractivity contribution >= 4 is 11.6 Å². The van der Waals surface area contributed by atoms with Crippen LogP contribution in [0.3, 0.4) is 0 Å². The molecule has 1 fully saturated rings. The molecule has 0 aromatic carbocycles. The molecule has 0 saturated heterocycles. The fourth-order valence-corrected chi connectivity index (χ4v) is 1.33. The molecule has 2 rings (SSSR count). The molecule has 5 heteroatoms. The minimum atomic E-state index is 0.439. The summed E-state index contributed by atoms with van der Waals surface area (Å²) in [5, 5.41) is 6.36. The zero-order valence-corrected chi connectivity index (χ0v) is 9.08. The van der Waals surface area contributed by atoms with Gasteiger partial charge in [-0.05, 0) is 12.8 Å². The van der Waals surface area contributed by atoms with Crippen LogP contribution in [0.15, 0.2) is 6.07 Å². The zero-order valence-electron chi connectivity index (χ0n) is 9.08. The lowest BCUT2D eigenvalue weighted by Gasteiger charge is -2.08. The highest BCUT2D eigenvalue weighted by Gasteiger charge is 2.21. The van der Waals surface area contributed by atoms with E-state index in [9.17, 15) is 0 Å². The molecule has 0 radical (unpaired) electrons. The van der Waals surface area contributed by atoms with Gasteiger partial charge in [-0.2, -0.15) is 0 Å². The highest BCUT2D eigenvalue weighted by Crippen LogP contribution is 2.24. The van der Waals surface area contributed by atoms with Gasteiger partial charge in [0.1, 0.15) is 18.2 Å². The van der Waals surface area contributed by atoms with E-state index in [0.29, 0.717) is 18.5 Å². The molecule has 0 unspecified atom stereocenters. The molecule has 0 aliphatic heterocycles. The van der Waals surface area contributed by atoms with Crippen LogP contribution in [-0.4, -0.2) is 30.2 Å². The SMILES string of the molecule is CNc1cc(NC2CC2)nc(COC)n1. The highest BCUT2D eigenvalue weighted by atomic mass is 16.5. The Balaban J connectivity index is 2.15. The lowest BCUT2D eigenvalue weighted by Crippen LogP contribution is -2.08. The number of hydrogen-bond acceptors (Lipinski definition) is 5. The molecule has 2 N–H and O–H groups in total. The molecule has 0 atom stereocenters. The zero-order chi connectivity index (χ0) is 10.7. The summed E-state index contributed by atoms with van der Waals surface area (Å²) in [5.41, 5.74) is 0. The predicted molar refractivity (Wildman–Crippen MR) is 58.9 cm³/mol. The molecule has 1 aliphatic carbocycles. The van der Waals surface area contributed by atoms with E-state index in [4.69, 9.17) is 4.74 Å². The Bertz CT molecular complexity index is 338. The second-order valence-corrected chi connectivity index (χ2v) is 3.66. The van der Waals surface area contributed by atoms with Crippen molar-refractivity contribution in [2.24, 2.45) is 0 Å². The molecule has 82 valence electrons. The lowest BCUT2D eigenvalue weighted by molar-refractivity contribution is 0.178. The quantitative estimate of drug-likeness (QED) is 0.762. The monoisotopic (exact) mass is 208 g/mol. The van der Waals surface area contributed by atoms with Crippen molar-refractivity contribution in [3.63, 3.8) is 0 Å². The molecule has 1 aromatic rings. The van der Waals surface area contributed by atoms with Gasteiger partial charge in [0.2, 0.25) is 0 Å². The number of nitrogens with zero attached hydrogens (tertiary/aromatic N) is 2. The van der Waals surface area contributed by atoms with Crippen molar-refractivity contribution in [1.82, 2.24) is 9.97 Å². The third-order valence-electron chi connectivity index (χ3n) is 2.23. The Morgan fingerprint density at radius 3 is 2.73 bits per heavy atom. The summed E-state index contributed by atoms with van der Waals surface area (Å²) in [5.74, 6) is 2.40. The molecule has 0 bridgehead atoms. The van der Waals surface area contributed by atoms with Crippen LogP contribution in [0, 0.1) is 0 Å². The number of aromatic nitrogens is 2. The van der Waals surface area contributed by atoms with E-state index in [1.165, 1.54) is 12.8 Å². The van der Waals surface area contributed by atoms with Crippen LogP contribution in [0.1, 0.15) is 18.7 Å². The van der Waals surface area contributed by atoms with Gasteiger partial charge in [0.25, 0.3) is 0 Å². The Morgan fingerprint density at radius 2 is 2.13 bits per heavy atom. The third kappa shape index (κ3) is 2.79. The number of anilines is 2. The van der Waals surface area contributed by atoms with Crippen LogP contribution in [0.2, 0.25) is 0 Å². The summed E-state index contributed by atoms with van der Waals surface area (Å²) >= 11 is 0. The van der Waals surface area contributed by atoms with Crippen LogP contribution in [0.4, 0.5) is 11.6 Å². The van der Waals surface area contributed by atoms with Gasteiger partial charge in [0.05, 0.1) is 0 Å². The molecule has 0 spiro atoms. The minimum Gasteiger partial charge on any atom is -0.377 e. The third-order valence-corrected chi connectivity index (χ3v) is 2.23. The number of nitrogens with one attached hydrogen (secondary N) is 2. The smallest absolute Gasteiger partial charge is 0.158 e. The van der Waals surface area contributed by atoms with E-state index in [0.717, 1.165) is 11.6 Å². The maximum atomic E-state index is 5.02. The standard InChI is InChI=1S/C10H16N4O/c1-11-8-5-9(12-7-3-4-7)14-10(13-8)6-15-2/h5,7H,3-4,6H2,1-2H3,(H2,11,12,13,14). The first-order valence-electron chi connectivity index (χ1n) is 5.13. The number of methoxy groups -OCH3 is 1. The summed E-state index contributed by atoms with van der Waals surface area (Å²) in [6.45, 7) is 0.439. The number of hydrogen-bond donors (Lipinski definition) is 2. The van der Waals surface area contributed by atoms with E-state index in [1.807, 2.05) is 13.1 Å². The fraction of sp³-hybridized carbons (Fsp3) is 0.600. The average molecular weight is 208 g/mol. The maximum absolute atomic E-state index is 5.02. The van der Waals surface area contributed by atoms with E-state index in [2.05, 4.69) is 20.6 Å². The summed E-state index contributed by atoms with van der Waals surface area (Å²) < 4.78 is 5.02. The molecule has 1 heterocycles. The number of ether oxygens (including phenoxy) is 1. The predicted octanol–water partition coefficient (Wildman–Crippen LogP) is 1.24. The van der Waals surface area contributed by atoms with Gasteiger partial charge in [-0.1, -0.05) is 0 Å². The first-order valence-corrected chi connectivity index (χ1v) is 5.13. The summed E-state index contributed by atoms with van der Waals surface area (Å²) in [6.07, 6.45) is 2.47. The Kier molecular flexibility index (Phi) is 3.01. The molecule has 1 aliphatic rings. The second-order valence-electron chi connectivity index (χ2n) is 3.66. The molecular formula is C10H16N4O. The van der Waals surface area contributed by atoms with Crippen molar-refractivity contribution in [3.05, 3.63) is 11.9 Å². The van der Waals surface area contributed by atoms with E-state index >= 15 is 0 Å². The molecule has 0 amide bonds. The molecule has 15 heavy (non-hydrogen) atoms. The van der Waals surface area contributed by atoms with Gasteiger partial charge in [0, 0.05) is 26.3 Å². The van der Waals surface area contributed by atoms with Crippen LogP contribution < -0.4 is 10.6 Å². The van der Waals surface area contributed by atoms with Crippen LogP contribution in [0.25, 0.3) is 0 Å². The topological polar surface area (TPSA) is 59.1 Å².